The molecule has 7 unspecified atom stereocenters. The Morgan fingerprint density at radius 2 is 2.03 bits per heavy atom. The quantitative estimate of drug-likeness (QED) is 0.684. The largest absolute Gasteiger partial charge is 0.392 e. The third kappa shape index (κ3) is 3.19. The van der Waals surface area contributed by atoms with E-state index in [2.05, 4.69) is 33.8 Å². The zero-order valence-electron chi connectivity index (χ0n) is 18.5. The van der Waals surface area contributed by atoms with Crippen LogP contribution in [0.2, 0.25) is 0 Å². The Morgan fingerprint density at radius 1 is 1.31 bits per heavy atom. The van der Waals surface area contributed by atoms with Gasteiger partial charge in [-0.05, 0) is 81.8 Å². The Hall–Kier alpha value is -1.23. The maximum atomic E-state index is 12.7. The lowest BCUT2D eigenvalue weighted by Gasteiger charge is -2.45. The van der Waals surface area contributed by atoms with E-state index in [1.165, 1.54) is 5.57 Å². The summed E-state index contributed by atoms with van der Waals surface area (Å²) < 4.78 is 6.79. The molecule has 0 aromatic carbocycles. The van der Waals surface area contributed by atoms with Crippen molar-refractivity contribution in [1.29, 1.82) is 0 Å². The first-order valence-corrected chi connectivity index (χ1v) is 11.2. The van der Waals surface area contributed by atoms with Crippen LogP contribution in [0.15, 0.2) is 34.4 Å². The number of aliphatic hydroxyl groups excluding tert-OH is 2. The maximum absolute atomic E-state index is 12.7. The number of rotatable bonds is 2. The van der Waals surface area contributed by atoms with Crippen molar-refractivity contribution < 1.29 is 19.7 Å². The average Bonchev–Trinajstić information content (AvgIpc) is 3.17. The molecule has 0 aromatic rings. The van der Waals surface area contributed by atoms with Gasteiger partial charge < -0.3 is 14.9 Å². The molecule has 0 bridgehead atoms. The Kier molecular flexibility index (Phi) is 5.20. The summed E-state index contributed by atoms with van der Waals surface area (Å²) in [7, 11) is 0. The summed E-state index contributed by atoms with van der Waals surface area (Å²) in [5, 5.41) is 21.2. The fraction of sp³-hybridized carbons (Fsp3) is 0.720. The number of ether oxygens (including phenoxy) is 1. The lowest BCUT2D eigenvalue weighted by atomic mass is 9.62. The maximum Gasteiger partial charge on any atom is 0.182 e. The first-order chi connectivity index (χ1) is 13.6. The Morgan fingerprint density at radius 3 is 2.69 bits per heavy atom. The molecule has 29 heavy (non-hydrogen) atoms. The normalized spacial score (nSPS) is 44.4. The van der Waals surface area contributed by atoms with Crippen LogP contribution < -0.4 is 0 Å². The van der Waals surface area contributed by atoms with Gasteiger partial charge in [-0.15, -0.1) is 0 Å². The van der Waals surface area contributed by atoms with Crippen molar-refractivity contribution in [2.75, 3.05) is 6.61 Å². The molecule has 1 heterocycles. The van der Waals surface area contributed by atoms with Crippen LogP contribution in [-0.4, -0.2) is 40.4 Å². The lowest BCUT2D eigenvalue weighted by Crippen LogP contribution is -2.46. The van der Waals surface area contributed by atoms with Crippen LogP contribution in [0.1, 0.15) is 66.7 Å². The van der Waals surface area contributed by atoms with E-state index < -0.39 is 6.10 Å². The van der Waals surface area contributed by atoms with Crippen LogP contribution in [0.4, 0.5) is 0 Å². The monoisotopic (exact) mass is 400 g/mol. The van der Waals surface area contributed by atoms with Gasteiger partial charge in [-0.3, -0.25) is 4.79 Å². The third-order valence-corrected chi connectivity index (χ3v) is 8.40. The predicted octanol–water partition coefficient (Wildman–Crippen LogP) is 4.12. The van der Waals surface area contributed by atoms with Crippen molar-refractivity contribution in [2.45, 2.75) is 84.5 Å². The van der Waals surface area contributed by atoms with Crippen molar-refractivity contribution in [3.8, 4) is 0 Å². The van der Waals surface area contributed by atoms with E-state index in [4.69, 9.17) is 4.74 Å². The van der Waals surface area contributed by atoms with E-state index in [0.29, 0.717) is 23.5 Å². The molecule has 1 spiro atoms. The fourth-order valence-electron chi connectivity index (χ4n) is 6.98. The number of fused-ring (bicyclic) bond motifs is 3. The molecule has 160 valence electrons. The summed E-state index contributed by atoms with van der Waals surface area (Å²) in [6.45, 7) is 10.6. The molecule has 3 aliphatic carbocycles. The molecular formula is C25H36O4. The number of carbonyl (C=O) groups is 1. The van der Waals surface area contributed by atoms with Crippen LogP contribution in [0.3, 0.4) is 0 Å². The van der Waals surface area contributed by atoms with Crippen LogP contribution in [0.5, 0.6) is 0 Å². The number of hydrogen-bond donors (Lipinski definition) is 2. The summed E-state index contributed by atoms with van der Waals surface area (Å²) in [6.07, 6.45) is 7.80. The minimum Gasteiger partial charge on any atom is -0.392 e. The van der Waals surface area contributed by atoms with E-state index in [9.17, 15) is 15.0 Å². The molecular weight excluding hydrogens is 364 g/mol. The molecule has 1 saturated carbocycles. The molecule has 0 aromatic heterocycles. The van der Waals surface area contributed by atoms with Gasteiger partial charge in [-0.25, -0.2) is 0 Å². The van der Waals surface area contributed by atoms with E-state index in [0.717, 1.165) is 31.3 Å². The molecule has 2 N–H and O–H groups in total. The minimum absolute atomic E-state index is 0.00568. The second-order valence-electron chi connectivity index (χ2n) is 10.6. The number of allylic oxidation sites excluding steroid dienone is 4. The van der Waals surface area contributed by atoms with Gasteiger partial charge in [0.2, 0.25) is 0 Å². The van der Waals surface area contributed by atoms with E-state index in [1.54, 1.807) is 6.08 Å². The SMILES string of the molecule is CC(C)=CC1CC(C)C2(CCC3(C)CC4C(C)=CC(=O)C4=C(CO)C(O)CC32)O1. The zero-order chi connectivity index (χ0) is 21.1. The molecule has 4 nitrogen and oxygen atoms in total. The molecule has 1 saturated heterocycles. The number of ketones is 1. The van der Waals surface area contributed by atoms with Gasteiger partial charge >= 0.3 is 0 Å². The van der Waals surface area contributed by atoms with Crippen LogP contribution in [0, 0.1) is 23.2 Å². The molecule has 4 rings (SSSR count). The zero-order valence-corrected chi connectivity index (χ0v) is 18.5. The van der Waals surface area contributed by atoms with Gasteiger partial charge in [0.25, 0.3) is 0 Å². The average molecular weight is 401 g/mol. The number of aliphatic hydroxyl groups is 2. The number of hydrogen-bond acceptors (Lipinski definition) is 4. The van der Waals surface area contributed by atoms with Gasteiger partial charge in [-0.1, -0.05) is 31.1 Å². The molecule has 2 fully saturated rings. The second kappa shape index (κ2) is 7.18. The molecule has 7 atom stereocenters. The predicted molar refractivity (Wildman–Crippen MR) is 113 cm³/mol. The topological polar surface area (TPSA) is 66.8 Å². The fourth-order valence-corrected chi connectivity index (χ4v) is 6.98. The molecule has 0 radical (unpaired) electrons. The summed E-state index contributed by atoms with van der Waals surface area (Å²) in [5.41, 5.74) is 3.30. The van der Waals surface area contributed by atoms with Gasteiger partial charge in [0, 0.05) is 11.5 Å². The molecule has 1 aliphatic heterocycles. The highest BCUT2D eigenvalue weighted by atomic mass is 16.5. The second-order valence-corrected chi connectivity index (χ2v) is 10.6. The lowest BCUT2D eigenvalue weighted by molar-refractivity contribution is -0.112. The van der Waals surface area contributed by atoms with Crippen molar-refractivity contribution in [3.63, 3.8) is 0 Å². The molecule has 0 amide bonds. The van der Waals surface area contributed by atoms with Crippen molar-refractivity contribution in [1.82, 2.24) is 0 Å². The summed E-state index contributed by atoms with van der Waals surface area (Å²) in [4.78, 5) is 12.7. The highest BCUT2D eigenvalue weighted by Gasteiger charge is 2.62. The first-order valence-electron chi connectivity index (χ1n) is 11.2. The van der Waals surface area contributed by atoms with Gasteiger partial charge in [0.05, 0.1) is 24.4 Å². The van der Waals surface area contributed by atoms with Gasteiger partial charge in [0.1, 0.15) is 0 Å². The third-order valence-electron chi connectivity index (χ3n) is 8.40. The highest BCUT2D eigenvalue weighted by molar-refractivity contribution is 6.08. The Balaban J connectivity index is 1.75. The van der Waals surface area contributed by atoms with Crippen LogP contribution in [0.25, 0.3) is 0 Å². The van der Waals surface area contributed by atoms with Crippen molar-refractivity contribution in [2.24, 2.45) is 23.2 Å². The molecule has 4 aliphatic rings. The standard InChI is InChI=1S/C25H36O4/c1-14(2)8-17-10-16(4)25(29-17)7-6-24(5)12-18-15(3)9-21(28)23(18)19(13-26)20(27)11-22(24)25/h8-9,16-18,20,22,26-27H,6-7,10-13H2,1-5H3. The Labute approximate surface area is 174 Å². The first kappa shape index (κ1) is 21.0. The van der Waals surface area contributed by atoms with E-state index >= 15 is 0 Å². The van der Waals surface area contributed by atoms with E-state index in [1.807, 2.05) is 6.92 Å². The van der Waals surface area contributed by atoms with Crippen LogP contribution >= 0.6 is 0 Å². The summed E-state index contributed by atoms with van der Waals surface area (Å²) in [5.74, 6) is 0.610. The van der Waals surface area contributed by atoms with E-state index in [-0.39, 0.29) is 41.3 Å². The van der Waals surface area contributed by atoms with Gasteiger partial charge in [0.15, 0.2) is 5.78 Å². The van der Waals surface area contributed by atoms with Crippen molar-refractivity contribution in [3.05, 3.63) is 34.4 Å². The smallest absolute Gasteiger partial charge is 0.182 e. The van der Waals surface area contributed by atoms with Gasteiger partial charge in [-0.2, -0.15) is 0 Å². The number of carbonyl (C=O) groups excluding carboxylic acids is 1. The van der Waals surface area contributed by atoms with Crippen LogP contribution in [-0.2, 0) is 9.53 Å². The Bertz CT molecular complexity index is 802. The highest BCUT2D eigenvalue weighted by Crippen LogP contribution is 2.63. The summed E-state index contributed by atoms with van der Waals surface area (Å²) in [6, 6.07) is 0. The van der Waals surface area contributed by atoms with Crippen molar-refractivity contribution >= 4 is 5.78 Å². The molecule has 4 heteroatoms. The minimum atomic E-state index is -0.793. The summed E-state index contributed by atoms with van der Waals surface area (Å²) >= 11 is 0.